The summed E-state index contributed by atoms with van der Waals surface area (Å²) in [6.07, 6.45) is 4.10. The fourth-order valence-electron chi connectivity index (χ4n) is 6.50. The molecule has 0 saturated heterocycles. The molecule has 0 radical (unpaired) electrons. The summed E-state index contributed by atoms with van der Waals surface area (Å²) in [6, 6.07) is 60.9. The van der Waals surface area contributed by atoms with Gasteiger partial charge in [0, 0.05) is 46.1 Å². The summed E-state index contributed by atoms with van der Waals surface area (Å²) in [5.41, 5.74) is 14.1. The van der Waals surface area contributed by atoms with Crippen molar-refractivity contribution in [1.29, 1.82) is 0 Å². The number of pyridine rings is 1. The number of aromatic nitrogens is 4. The molecule has 0 amide bonds. The highest BCUT2D eigenvalue weighted by atomic mass is 15.1. The second-order valence-corrected chi connectivity index (χ2v) is 12.2. The molecule has 6 aromatic carbocycles. The largest absolute Gasteiger partial charge is 0.311 e. The fourth-order valence-corrected chi connectivity index (χ4v) is 6.50. The Morgan fingerprint density at radius 2 is 0.820 bits per heavy atom. The van der Waals surface area contributed by atoms with Crippen LogP contribution in [0.15, 0.2) is 188 Å². The van der Waals surface area contributed by atoms with Gasteiger partial charge in [-0.25, -0.2) is 15.0 Å². The number of nitrogens with zero attached hydrogens (tertiary/aromatic N) is 5. The molecule has 9 rings (SSSR count). The Morgan fingerprint density at radius 1 is 0.360 bits per heavy atom. The van der Waals surface area contributed by atoms with Crippen molar-refractivity contribution in [3.8, 4) is 44.9 Å². The van der Waals surface area contributed by atoms with Crippen molar-refractivity contribution in [2.45, 2.75) is 0 Å². The molecule has 50 heavy (non-hydrogen) atoms. The zero-order valence-electron chi connectivity index (χ0n) is 27.1. The molecule has 0 aliphatic rings. The third kappa shape index (κ3) is 5.57. The van der Waals surface area contributed by atoms with E-state index in [0.29, 0.717) is 0 Å². The minimum atomic E-state index is 0.877. The number of hydrogen-bond donors (Lipinski definition) is 0. The summed E-state index contributed by atoms with van der Waals surface area (Å²) in [5, 5.41) is 0. The molecule has 0 aliphatic heterocycles. The Kier molecular flexibility index (Phi) is 7.41. The molecule has 3 heterocycles. The summed E-state index contributed by atoms with van der Waals surface area (Å²) in [4.78, 5) is 17.2. The van der Waals surface area contributed by atoms with Crippen molar-refractivity contribution in [3.05, 3.63) is 188 Å². The lowest BCUT2D eigenvalue weighted by atomic mass is 9.99. The smallest absolute Gasteiger partial charge is 0.137 e. The van der Waals surface area contributed by atoms with Gasteiger partial charge >= 0.3 is 0 Å². The molecule has 0 spiro atoms. The number of benzene rings is 6. The zero-order valence-corrected chi connectivity index (χ0v) is 27.1. The molecule has 0 aliphatic carbocycles. The Morgan fingerprint density at radius 3 is 1.42 bits per heavy atom. The number of anilines is 3. The SMILES string of the molecule is c1ccc(-c2nc3ccccc3nc2-c2ccc(-c3ccc(N(c4ccccc4)c4ccc(-c5cn6ccccc6n5)cc4)cc3)cc2)cc1. The molecule has 0 saturated carbocycles. The van der Waals surface area contributed by atoms with Gasteiger partial charge in [-0.3, -0.25) is 0 Å². The molecule has 0 bridgehead atoms. The van der Waals surface area contributed by atoms with Gasteiger partial charge < -0.3 is 9.30 Å². The van der Waals surface area contributed by atoms with Crippen LogP contribution in [-0.2, 0) is 0 Å². The van der Waals surface area contributed by atoms with Crippen molar-refractivity contribution in [3.63, 3.8) is 0 Å². The molecule has 236 valence electrons. The average Bonchev–Trinajstić information content (AvgIpc) is 3.64. The molecule has 0 N–H and O–H groups in total. The topological polar surface area (TPSA) is 46.3 Å². The van der Waals surface area contributed by atoms with Gasteiger partial charge in [-0.15, -0.1) is 0 Å². The number of para-hydroxylation sites is 3. The van der Waals surface area contributed by atoms with E-state index in [1.165, 1.54) is 0 Å². The van der Waals surface area contributed by atoms with Gasteiger partial charge in [-0.1, -0.05) is 115 Å². The zero-order chi connectivity index (χ0) is 33.3. The van der Waals surface area contributed by atoms with Crippen LogP contribution in [0.5, 0.6) is 0 Å². The van der Waals surface area contributed by atoms with Crippen molar-refractivity contribution in [2.75, 3.05) is 4.90 Å². The number of imidazole rings is 1. The van der Waals surface area contributed by atoms with E-state index in [4.69, 9.17) is 15.0 Å². The normalized spacial score (nSPS) is 11.2. The maximum absolute atomic E-state index is 5.07. The van der Waals surface area contributed by atoms with E-state index in [2.05, 4.69) is 120 Å². The van der Waals surface area contributed by atoms with Gasteiger partial charge in [0.2, 0.25) is 0 Å². The molecule has 0 unspecified atom stereocenters. The summed E-state index contributed by atoms with van der Waals surface area (Å²) < 4.78 is 2.05. The maximum Gasteiger partial charge on any atom is 0.137 e. The Bertz CT molecular complexity index is 2530. The molecule has 5 heteroatoms. The lowest BCUT2D eigenvalue weighted by Crippen LogP contribution is -2.09. The minimum Gasteiger partial charge on any atom is -0.311 e. The Labute approximate surface area is 290 Å². The Balaban J connectivity index is 1.03. The molecule has 9 aromatic rings. The standard InChI is InChI=1S/C45H31N5/c1-3-11-35(12-4-1)44-45(48-41-16-8-7-15-40(41)47-44)36-20-18-32(19-21-36)33-22-26-38(27-23-33)50(37-13-5-2-6-14-37)39-28-24-34(25-29-39)42-31-49-30-10-9-17-43(49)46-42/h1-31H. The number of rotatable bonds is 7. The summed E-state index contributed by atoms with van der Waals surface area (Å²) >= 11 is 0. The highest BCUT2D eigenvalue weighted by molar-refractivity contribution is 5.87. The highest BCUT2D eigenvalue weighted by Gasteiger charge is 2.15. The monoisotopic (exact) mass is 641 g/mol. The van der Waals surface area contributed by atoms with Gasteiger partial charge in [0.25, 0.3) is 0 Å². The van der Waals surface area contributed by atoms with Crippen molar-refractivity contribution in [1.82, 2.24) is 19.4 Å². The summed E-state index contributed by atoms with van der Waals surface area (Å²) in [6.45, 7) is 0. The van der Waals surface area contributed by atoms with E-state index < -0.39 is 0 Å². The first-order valence-corrected chi connectivity index (χ1v) is 16.7. The highest BCUT2D eigenvalue weighted by Crippen LogP contribution is 2.37. The van der Waals surface area contributed by atoms with E-state index in [1.54, 1.807) is 0 Å². The molecule has 3 aromatic heterocycles. The van der Waals surface area contributed by atoms with Crippen LogP contribution in [0.3, 0.4) is 0 Å². The predicted octanol–water partition coefficient (Wildman–Crippen LogP) is 11.4. The van der Waals surface area contributed by atoms with Gasteiger partial charge in [-0.05, 0) is 71.8 Å². The molecular weight excluding hydrogens is 611 g/mol. The van der Waals surface area contributed by atoms with Crippen LogP contribution in [-0.4, -0.2) is 19.4 Å². The van der Waals surface area contributed by atoms with Crippen molar-refractivity contribution < 1.29 is 0 Å². The van der Waals surface area contributed by atoms with E-state index in [-0.39, 0.29) is 0 Å². The lowest BCUT2D eigenvalue weighted by molar-refractivity contribution is 1.19. The van der Waals surface area contributed by atoms with Gasteiger partial charge in [0.05, 0.1) is 28.1 Å². The first kappa shape index (κ1) is 29.3. The van der Waals surface area contributed by atoms with Crippen LogP contribution in [0.2, 0.25) is 0 Å². The van der Waals surface area contributed by atoms with E-state index in [9.17, 15) is 0 Å². The third-order valence-electron chi connectivity index (χ3n) is 9.03. The van der Waals surface area contributed by atoms with Crippen LogP contribution in [0.1, 0.15) is 0 Å². The number of fused-ring (bicyclic) bond motifs is 2. The molecule has 5 nitrogen and oxygen atoms in total. The summed E-state index contributed by atoms with van der Waals surface area (Å²) in [7, 11) is 0. The van der Waals surface area contributed by atoms with Crippen LogP contribution in [0, 0.1) is 0 Å². The van der Waals surface area contributed by atoms with Crippen molar-refractivity contribution in [2.24, 2.45) is 0 Å². The van der Waals surface area contributed by atoms with Gasteiger partial charge in [0.15, 0.2) is 0 Å². The van der Waals surface area contributed by atoms with E-state index >= 15 is 0 Å². The van der Waals surface area contributed by atoms with Gasteiger partial charge in [0.1, 0.15) is 5.65 Å². The molecule has 0 fully saturated rings. The maximum atomic E-state index is 5.07. The summed E-state index contributed by atoms with van der Waals surface area (Å²) in [5.74, 6) is 0. The quantitative estimate of drug-likeness (QED) is 0.174. The molecule has 0 atom stereocenters. The number of hydrogen-bond acceptors (Lipinski definition) is 4. The van der Waals surface area contributed by atoms with Crippen LogP contribution in [0.25, 0.3) is 61.6 Å². The van der Waals surface area contributed by atoms with Crippen LogP contribution in [0.4, 0.5) is 17.1 Å². The van der Waals surface area contributed by atoms with Crippen molar-refractivity contribution >= 4 is 33.7 Å². The first-order chi connectivity index (χ1) is 24.8. The molecular formula is C45H31N5. The van der Waals surface area contributed by atoms with E-state index in [1.807, 2.05) is 77.3 Å². The lowest BCUT2D eigenvalue weighted by Gasteiger charge is -2.25. The minimum absolute atomic E-state index is 0.877. The average molecular weight is 642 g/mol. The first-order valence-electron chi connectivity index (χ1n) is 16.7. The van der Waals surface area contributed by atoms with E-state index in [0.717, 1.165) is 78.6 Å². The fraction of sp³-hybridized carbons (Fsp3) is 0. The third-order valence-corrected chi connectivity index (χ3v) is 9.03. The Hall–Kier alpha value is -6.85. The van der Waals surface area contributed by atoms with Crippen LogP contribution < -0.4 is 4.90 Å². The second-order valence-electron chi connectivity index (χ2n) is 12.2. The predicted molar refractivity (Wildman–Crippen MR) is 205 cm³/mol. The van der Waals surface area contributed by atoms with Crippen LogP contribution >= 0.6 is 0 Å². The van der Waals surface area contributed by atoms with Gasteiger partial charge in [-0.2, -0.15) is 0 Å². The second kappa shape index (κ2) is 12.6.